The Labute approximate surface area is 351 Å². The molecule has 0 N–H and O–H groups in total. The SMILES string of the molecule is [2H]c1c([2H])c([2H])c(N(c2ccccc2)c2ccc3c(c2)C2(c4ccccc4-c4ccc(N(c5ccccc5)c5ccc6c(c5)c5ccccc5n6C)cc42)c2ccccc2-3)c([2H])c1[2H]. The Bertz CT molecular complexity index is 3510. The highest BCUT2D eigenvalue weighted by molar-refractivity contribution is 6.09. The van der Waals surface area contributed by atoms with Crippen LogP contribution >= 0.6 is 0 Å². The van der Waals surface area contributed by atoms with E-state index in [1.807, 2.05) is 41.3 Å². The number of aromatic nitrogens is 1. The maximum atomic E-state index is 9.15. The second-order valence-electron chi connectivity index (χ2n) is 15.4. The Morgan fingerprint density at radius 1 is 0.373 bits per heavy atom. The number of benzene rings is 9. The molecular weight excluding hydrogens is 715 g/mol. The summed E-state index contributed by atoms with van der Waals surface area (Å²) < 4.78 is 46.3. The highest BCUT2D eigenvalue weighted by Crippen LogP contribution is 2.64. The van der Waals surface area contributed by atoms with Gasteiger partial charge in [0, 0.05) is 63.0 Å². The highest BCUT2D eigenvalue weighted by Gasteiger charge is 2.52. The van der Waals surface area contributed by atoms with Crippen LogP contribution in [-0.4, -0.2) is 4.57 Å². The first-order valence-electron chi connectivity index (χ1n) is 22.5. The Kier molecular flexibility index (Phi) is 6.31. The van der Waals surface area contributed by atoms with Crippen LogP contribution in [-0.2, 0) is 12.5 Å². The molecule has 12 rings (SSSR count). The molecule has 3 nitrogen and oxygen atoms in total. The van der Waals surface area contributed by atoms with Crippen LogP contribution in [0.25, 0.3) is 44.1 Å². The molecule has 1 aromatic heterocycles. The van der Waals surface area contributed by atoms with Crippen molar-refractivity contribution in [2.45, 2.75) is 5.41 Å². The van der Waals surface area contributed by atoms with Gasteiger partial charge in [-0.2, -0.15) is 0 Å². The minimum absolute atomic E-state index is 0.0953. The van der Waals surface area contributed by atoms with Crippen LogP contribution in [0.3, 0.4) is 0 Å². The van der Waals surface area contributed by atoms with Gasteiger partial charge < -0.3 is 14.4 Å². The van der Waals surface area contributed by atoms with Crippen LogP contribution in [0, 0.1) is 0 Å². The van der Waals surface area contributed by atoms with Crippen molar-refractivity contribution >= 4 is 55.9 Å². The van der Waals surface area contributed by atoms with Gasteiger partial charge in [-0.05, 0) is 129 Å². The Hall–Kier alpha value is -7.62. The fraction of sp³-hybridized carbons (Fsp3) is 0.0357. The summed E-state index contributed by atoms with van der Waals surface area (Å²) in [5.41, 5.74) is 15.2. The lowest BCUT2D eigenvalue weighted by Crippen LogP contribution is -2.26. The zero-order valence-electron chi connectivity index (χ0n) is 37.2. The van der Waals surface area contributed by atoms with Gasteiger partial charge in [0.15, 0.2) is 0 Å². The topological polar surface area (TPSA) is 11.4 Å². The van der Waals surface area contributed by atoms with E-state index in [0.717, 1.165) is 50.4 Å². The van der Waals surface area contributed by atoms with E-state index in [0.29, 0.717) is 11.4 Å². The predicted molar refractivity (Wildman–Crippen MR) is 246 cm³/mol. The number of fused-ring (bicyclic) bond motifs is 13. The third kappa shape index (κ3) is 4.82. The van der Waals surface area contributed by atoms with E-state index >= 15 is 0 Å². The molecule has 2 aliphatic rings. The molecule has 1 spiro atoms. The first-order valence-corrected chi connectivity index (χ1v) is 20.0. The molecule has 0 saturated carbocycles. The van der Waals surface area contributed by atoms with Gasteiger partial charge in [-0.1, -0.05) is 133 Å². The number of rotatable bonds is 6. The lowest BCUT2D eigenvalue weighted by atomic mass is 9.70. The van der Waals surface area contributed by atoms with Gasteiger partial charge in [-0.25, -0.2) is 0 Å². The number of hydrogen-bond acceptors (Lipinski definition) is 2. The Morgan fingerprint density at radius 3 is 1.44 bits per heavy atom. The normalized spacial score (nSPS) is 15.8. The van der Waals surface area contributed by atoms with E-state index < -0.39 is 11.5 Å². The Morgan fingerprint density at radius 2 is 0.831 bits per heavy atom. The predicted octanol–water partition coefficient (Wildman–Crippen LogP) is 14.6. The van der Waals surface area contributed by atoms with E-state index in [9.17, 15) is 0 Å². The van der Waals surface area contributed by atoms with Crippen molar-refractivity contribution in [3.05, 3.63) is 241 Å². The molecule has 0 aliphatic heterocycles. The molecule has 0 amide bonds. The molecule has 59 heavy (non-hydrogen) atoms. The summed E-state index contributed by atoms with van der Waals surface area (Å²) >= 11 is 0. The molecule has 278 valence electrons. The summed E-state index contributed by atoms with van der Waals surface area (Å²) in [5.74, 6) is 0. The van der Waals surface area contributed by atoms with E-state index in [1.165, 1.54) is 32.9 Å². The zero-order chi connectivity index (χ0) is 43.4. The lowest BCUT2D eigenvalue weighted by Gasteiger charge is -2.33. The van der Waals surface area contributed by atoms with Crippen molar-refractivity contribution in [3.63, 3.8) is 0 Å². The first-order chi connectivity index (χ1) is 31.3. The van der Waals surface area contributed by atoms with Crippen molar-refractivity contribution in [2.24, 2.45) is 7.05 Å². The standard InChI is InChI=1S/C56H39N3/c1-57-54-28-16-13-25-48(54)49-35-41(31-34-55(49)57)59(40-21-9-4-10-22-40)43-30-33-47-45-24-12-15-27-51(45)56(53(47)37-43)50-26-14-11-23-44(50)46-32-29-42(36-52(46)56)58(38-17-5-2-6-18-38)39-19-7-3-8-20-39/h2-37H,1H3/i2D,5D,6D,17D,18D. The fourth-order valence-electron chi connectivity index (χ4n) is 10.1. The van der Waals surface area contributed by atoms with Crippen LogP contribution in [0.4, 0.5) is 34.1 Å². The van der Waals surface area contributed by atoms with Gasteiger partial charge in [0.25, 0.3) is 0 Å². The largest absolute Gasteiger partial charge is 0.344 e. The summed E-state index contributed by atoms with van der Waals surface area (Å²) in [6.07, 6.45) is 0. The molecule has 2 aliphatic carbocycles. The molecule has 9 aromatic carbocycles. The molecule has 0 saturated heterocycles. The number of anilines is 6. The van der Waals surface area contributed by atoms with Gasteiger partial charge in [-0.15, -0.1) is 0 Å². The third-order valence-electron chi connectivity index (χ3n) is 12.5. The zero-order valence-corrected chi connectivity index (χ0v) is 32.2. The third-order valence-corrected chi connectivity index (χ3v) is 12.5. The molecule has 1 heterocycles. The average Bonchev–Trinajstić information content (AvgIpc) is 3.92. The van der Waals surface area contributed by atoms with Crippen molar-refractivity contribution in [3.8, 4) is 22.3 Å². The summed E-state index contributed by atoms with van der Waals surface area (Å²) in [4.78, 5) is 4.17. The lowest BCUT2D eigenvalue weighted by molar-refractivity contribution is 0.793. The van der Waals surface area contributed by atoms with Gasteiger partial charge in [-0.3, -0.25) is 0 Å². The monoisotopic (exact) mass is 758 g/mol. The first kappa shape index (κ1) is 28.7. The van der Waals surface area contributed by atoms with Crippen LogP contribution in [0.1, 0.15) is 29.1 Å². The van der Waals surface area contributed by atoms with E-state index in [1.54, 1.807) is 0 Å². The number of aryl methyl sites for hydroxylation is 1. The van der Waals surface area contributed by atoms with Crippen molar-refractivity contribution < 1.29 is 6.85 Å². The molecular formula is C56H39N3. The molecule has 0 bridgehead atoms. The van der Waals surface area contributed by atoms with E-state index in [2.05, 4.69) is 168 Å². The minimum Gasteiger partial charge on any atom is -0.344 e. The van der Waals surface area contributed by atoms with Crippen LogP contribution < -0.4 is 9.80 Å². The van der Waals surface area contributed by atoms with Gasteiger partial charge in [0.05, 0.1) is 12.3 Å². The van der Waals surface area contributed by atoms with E-state index in [4.69, 9.17) is 6.85 Å². The maximum Gasteiger partial charge on any atom is 0.0727 e. The fourth-order valence-corrected chi connectivity index (χ4v) is 10.1. The Balaban J connectivity index is 1.13. The van der Waals surface area contributed by atoms with Crippen molar-refractivity contribution in [1.29, 1.82) is 0 Å². The molecule has 10 aromatic rings. The second-order valence-corrected chi connectivity index (χ2v) is 15.4. The van der Waals surface area contributed by atoms with Gasteiger partial charge in [0.1, 0.15) is 0 Å². The number of hydrogen-bond donors (Lipinski definition) is 0. The maximum absolute atomic E-state index is 9.15. The molecule has 1 unspecified atom stereocenters. The summed E-state index contributed by atoms with van der Waals surface area (Å²) in [5, 5.41) is 2.40. The molecule has 3 heteroatoms. The van der Waals surface area contributed by atoms with Crippen molar-refractivity contribution in [2.75, 3.05) is 9.80 Å². The second kappa shape index (κ2) is 13.0. The smallest absolute Gasteiger partial charge is 0.0727 e. The highest BCUT2D eigenvalue weighted by atomic mass is 15.1. The van der Waals surface area contributed by atoms with Crippen LogP contribution in [0.5, 0.6) is 0 Å². The number of nitrogens with zero attached hydrogens (tertiary/aromatic N) is 3. The van der Waals surface area contributed by atoms with Gasteiger partial charge in [0.2, 0.25) is 0 Å². The minimum atomic E-state index is -0.756. The van der Waals surface area contributed by atoms with Crippen LogP contribution in [0.15, 0.2) is 218 Å². The van der Waals surface area contributed by atoms with Crippen molar-refractivity contribution in [1.82, 2.24) is 4.57 Å². The molecule has 1 atom stereocenters. The molecule has 0 fully saturated rings. The quantitative estimate of drug-likeness (QED) is 0.167. The summed E-state index contributed by atoms with van der Waals surface area (Å²) in [6.45, 7) is 0. The summed E-state index contributed by atoms with van der Waals surface area (Å²) in [6, 6.07) is 64.3. The van der Waals surface area contributed by atoms with Crippen LogP contribution in [0.2, 0.25) is 0 Å². The number of para-hydroxylation sites is 4. The average molecular weight is 759 g/mol. The summed E-state index contributed by atoms with van der Waals surface area (Å²) in [7, 11) is 2.13. The molecule has 0 radical (unpaired) electrons. The van der Waals surface area contributed by atoms with Gasteiger partial charge >= 0.3 is 0 Å². The van der Waals surface area contributed by atoms with E-state index in [-0.39, 0.29) is 29.9 Å².